The van der Waals surface area contributed by atoms with Gasteiger partial charge in [-0.25, -0.2) is 0 Å². The van der Waals surface area contributed by atoms with Crippen molar-refractivity contribution in [2.75, 3.05) is 0 Å². The number of hydrogen-bond donors (Lipinski definition) is 0. The van der Waals surface area contributed by atoms with Crippen LogP contribution in [-0.4, -0.2) is 5.78 Å². The molecular weight excluding hydrogens is 208 g/mol. The Morgan fingerprint density at radius 1 is 1.29 bits per heavy atom. The Balaban J connectivity index is 2.94. The van der Waals surface area contributed by atoms with Gasteiger partial charge in [0.05, 0.1) is 0 Å². The van der Waals surface area contributed by atoms with Gasteiger partial charge in [-0.2, -0.15) is 0 Å². The van der Waals surface area contributed by atoms with E-state index in [1.165, 1.54) is 11.1 Å². The van der Waals surface area contributed by atoms with Crippen LogP contribution in [0.3, 0.4) is 0 Å². The number of rotatable bonds is 5. The predicted molar refractivity (Wildman–Crippen MR) is 73.3 cm³/mol. The molecule has 0 amide bonds. The molecule has 0 atom stereocenters. The fourth-order valence-corrected chi connectivity index (χ4v) is 2.32. The summed E-state index contributed by atoms with van der Waals surface area (Å²) in [4.78, 5) is 11.3. The first-order valence-electron chi connectivity index (χ1n) is 6.40. The third kappa shape index (κ3) is 4.33. The van der Waals surface area contributed by atoms with Gasteiger partial charge in [0.1, 0.15) is 5.78 Å². The van der Waals surface area contributed by atoms with E-state index in [1.807, 2.05) is 0 Å². The Hall–Kier alpha value is -1.11. The summed E-state index contributed by atoms with van der Waals surface area (Å²) < 4.78 is 0. The fourth-order valence-electron chi connectivity index (χ4n) is 2.32. The van der Waals surface area contributed by atoms with Crippen LogP contribution in [0, 0.1) is 5.92 Å². The number of carbonyl (C=O) groups is 1. The van der Waals surface area contributed by atoms with Gasteiger partial charge >= 0.3 is 0 Å². The van der Waals surface area contributed by atoms with Gasteiger partial charge in [0.2, 0.25) is 0 Å². The van der Waals surface area contributed by atoms with E-state index in [9.17, 15) is 4.79 Å². The predicted octanol–water partition coefficient (Wildman–Crippen LogP) is 4.14. The lowest BCUT2D eigenvalue weighted by molar-refractivity contribution is -0.118. The van der Waals surface area contributed by atoms with Crippen molar-refractivity contribution >= 4 is 5.78 Å². The summed E-state index contributed by atoms with van der Waals surface area (Å²) in [6, 6.07) is 8.66. The van der Waals surface area contributed by atoms with Gasteiger partial charge in [-0.15, -0.1) is 0 Å². The van der Waals surface area contributed by atoms with E-state index in [0.717, 1.165) is 6.42 Å². The molecule has 0 aliphatic carbocycles. The number of hydrogen-bond acceptors (Lipinski definition) is 1. The average molecular weight is 232 g/mol. The molecule has 17 heavy (non-hydrogen) atoms. The molecule has 0 unspecified atom stereocenters. The summed E-state index contributed by atoms with van der Waals surface area (Å²) in [5.74, 6) is 0.922. The maximum atomic E-state index is 11.3. The SMILES string of the molecule is CC(=O)CC(C)(C)c1cccc(CC(C)C)c1. The molecule has 0 aliphatic rings. The Morgan fingerprint density at radius 3 is 2.47 bits per heavy atom. The summed E-state index contributed by atoms with van der Waals surface area (Å²) in [5, 5.41) is 0. The molecule has 1 rings (SSSR count). The number of carbonyl (C=O) groups excluding carboxylic acids is 1. The molecule has 0 saturated heterocycles. The van der Waals surface area contributed by atoms with Crippen LogP contribution in [0.5, 0.6) is 0 Å². The van der Waals surface area contributed by atoms with Gasteiger partial charge in [-0.1, -0.05) is 52.0 Å². The van der Waals surface area contributed by atoms with Crippen molar-refractivity contribution in [2.24, 2.45) is 5.92 Å². The van der Waals surface area contributed by atoms with E-state index in [-0.39, 0.29) is 11.2 Å². The Kier molecular flexibility index (Phi) is 4.50. The summed E-state index contributed by atoms with van der Waals surface area (Å²) in [6.07, 6.45) is 1.71. The van der Waals surface area contributed by atoms with E-state index in [4.69, 9.17) is 0 Å². The second-order valence-electron chi connectivity index (χ2n) is 6.06. The first-order chi connectivity index (χ1) is 7.81. The van der Waals surface area contributed by atoms with Gasteiger partial charge in [0.25, 0.3) is 0 Å². The normalized spacial score (nSPS) is 11.9. The van der Waals surface area contributed by atoms with Crippen molar-refractivity contribution in [3.63, 3.8) is 0 Å². The largest absolute Gasteiger partial charge is 0.300 e. The van der Waals surface area contributed by atoms with Crippen molar-refractivity contribution in [3.05, 3.63) is 35.4 Å². The van der Waals surface area contributed by atoms with E-state index in [1.54, 1.807) is 6.92 Å². The zero-order chi connectivity index (χ0) is 13.1. The van der Waals surface area contributed by atoms with Gasteiger partial charge in [0, 0.05) is 6.42 Å². The summed E-state index contributed by atoms with van der Waals surface area (Å²) in [6.45, 7) is 10.4. The third-order valence-corrected chi connectivity index (χ3v) is 3.04. The molecule has 94 valence electrons. The van der Waals surface area contributed by atoms with E-state index >= 15 is 0 Å². The Labute approximate surface area is 105 Å². The molecule has 1 aromatic carbocycles. The lowest BCUT2D eigenvalue weighted by atomic mass is 9.79. The standard InChI is InChI=1S/C16H24O/c1-12(2)9-14-7-6-8-15(10-14)16(4,5)11-13(3)17/h6-8,10,12H,9,11H2,1-5H3. The Bertz CT molecular complexity index is 388. The van der Waals surface area contributed by atoms with Gasteiger partial charge in [0.15, 0.2) is 0 Å². The van der Waals surface area contributed by atoms with Crippen molar-refractivity contribution in [3.8, 4) is 0 Å². The van der Waals surface area contributed by atoms with Crippen LogP contribution >= 0.6 is 0 Å². The molecule has 1 aromatic rings. The zero-order valence-electron chi connectivity index (χ0n) is 11.7. The van der Waals surface area contributed by atoms with Crippen LogP contribution in [0.4, 0.5) is 0 Å². The van der Waals surface area contributed by atoms with Crippen molar-refractivity contribution in [1.29, 1.82) is 0 Å². The highest BCUT2D eigenvalue weighted by molar-refractivity contribution is 5.77. The molecule has 1 nitrogen and oxygen atoms in total. The molecule has 0 aromatic heterocycles. The smallest absolute Gasteiger partial charge is 0.130 e. The van der Waals surface area contributed by atoms with Crippen LogP contribution in [0.1, 0.15) is 52.2 Å². The van der Waals surface area contributed by atoms with Crippen LogP contribution in [0.25, 0.3) is 0 Å². The van der Waals surface area contributed by atoms with Crippen molar-refractivity contribution in [2.45, 2.75) is 52.9 Å². The minimum atomic E-state index is -0.0567. The van der Waals surface area contributed by atoms with Crippen LogP contribution in [0.15, 0.2) is 24.3 Å². The molecule has 0 bridgehead atoms. The highest BCUT2D eigenvalue weighted by Crippen LogP contribution is 2.28. The van der Waals surface area contributed by atoms with Gasteiger partial charge < -0.3 is 0 Å². The van der Waals surface area contributed by atoms with E-state index in [2.05, 4.69) is 52.0 Å². The number of benzene rings is 1. The van der Waals surface area contributed by atoms with Crippen LogP contribution in [0.2, 0.25) is 0 Å². The third-order valence-electron chi connectivity index (χ3n) is 3.04. The second kappa shape index (κ2) is 5.48. The van der Waals surface area contributed by atoms with Gasteiger partial charge in [-0.05, 0) is 35.8 Å². The lowest BCUT2D eigenvalue weighted by Crippen LogP contribution is -2.20. The molecule has 0 spiro atoms. The topological polar surface area (TPSA) is 17.1 Å². The highest BCUT2D eigenvalue weighted by atomic mass is 16.1. The van der Waals surface area contributed by atoms with Crippen molar-refractivity contribution in [1.82, 2.24) is 0 Å². The summed E-state index contributed by atoms with van der Waals surface area (Å²) in [7, 11) is 0. The molecular formula is C16H24O. The van der Waals surface area contributed by atoms with E-state index < -0.39 is 0 Å². The monoisotopic (exact) mass is 232 g/mol. The van der Waals surface area contributed by atoms with Gasteiger partial charge in [-0.3, -0.25) is 4.79 Å². The zero-order valence-corrected chi connectivity index (χ0v) is 11.7. The molecule has 1 heteroatoms. The lowest BCUT2D eigenvalue weighted by Gasteiger charge is -2.24. The average Bonchev–Trinajstić information content (AvgIpc) is 2.15. The summed E-state index contributed by atoms with van der Waals surface area (Å²) in [5.41, 5.74) is 2.58. The first-order valence-corrected chi connectivity index (χ1v) is 6.40. The van der Waals surface area contributed by atoms with E-state index in [0.29, 0.717) is 12.3 Å². The van der Waals surface area contributed by atoms with Crippen LogP contribution < -0.4 is 0 Å². The summed E-state index contributed by atoms with van der Waals surface area (Å²) >= 11 is 0. The molecule has 0 heterocycles. The van der Waals surface area contributed by atoms with Crippen molar-refractivity contribution < 1.29 is 4.79 Å². The molecule has 0 fully saturated rings. The molecule has 0 aliphatic heterocycles. The highest BCUT2D eigenvalue weighted by Gasteiger charge is 2.22. The second-order valence-corrected chi connectivity index (χ2v) is 6.06. The number of ketones is 1. The molecule has 0 radical (unpaired) electrons. The minimum Gasteiger partial charge on any atom is -0.300 e. The first kappa shape index (κ1) is 14.0. The fraction of sp³-hybridized carbons (Fsp3) is 0.562. The molecule has 0 saturated carbocycles. The molecule has 0 N–H and O–H groups in total. The van der Waals surface area contributed by atoms with Crippen LogP contribution in [-0.2, 0) is 16.6 Å². The maximum absolute atomic E-state index is 11.3. The maximum Gasteiger partial charge on any atom is 0.130 e. The minimum absolute atomic E-state index is 0.0567. The number of Topliss-reactive ketones (excluding diaryl/α,β-unsaturated/α-hetero) is 1. The quantitative estimate of drug-likeness (QED) is 0.745. The Morgan fingerprint density at radius 2 is 1.94 bits per heavy atom.